The molecular weight excluding hydrogens is 358 g/mol. The molecule has 3 aliphatic rings. The minimum absolute atomic E-state index is 0. The van der Waals surface area contributed by atoms with Crippen LogP contribution >= 0.6 is 12.4 Å². The largest absolute Gasteiger partial charge is 0.371 e. The predicted octanol–water partition coefficient (Wildman–Crippen LogP) is 3.87. The standard InChI is InChI=1S/C22H33N3O.ClH/c23-21-16-8-6-9-17(21)14-19(13-16)22(26)24-15-18-7-2-3-10-20(18)25-11-4-1-5-12-25;/h2-3,7,10,16-17,19,21H,1,4-6,8-9,11-15,23H2,(H,24,26);1H. The Bertz CT molecular complexity index is 618. The molecule has 2 saturated carbocycles. The van der Waals surface area contributed by atoms with Gasteiger partial charge in [0.2, 0.25) is 5.91 Å². The number of carbonyl (C=O) groups excluding carboxylic acids is 1. The van der Waals surface area contributed by atoms with Gasteiger partial charge in [-0.1, -0.05) is 24.6 Å². The van der Waals surface area contributed by atoms with Crippen LogP contribution in [0.15, 0.2) is 24.3 Å². The summed E-state index contributed by atoms with van der Waals surface area (Å²) in [5.74, 6) is 1.51. The van der Waals surface area contributed by atoms with Crippen molar-refractivity contribution < 1.29 is 4.79 Å². The highest BCUT2D eigenvalue weighted by Gasteiger charge is 2.40. The summed E-state index contributed by atoms with van der Waals surface area (Å²) in [6.07, 6.45) is 9.55. The summed E-state index contributed by atoms with van der Waals surface area (Å²) >= 11 is 0. The van der Waals surface area contributed by atoms with Gasteiger partial charge in [-0.15, -0.1) is 12.4 Å². The smallest absolute Gasteiger partial charge is 0.223 e. The van der Waals surface area contributed by atoms with Crippen molar-refractivity contribution in [3.8, 4) is 0 Å². The van der Waals surface area contributed by atoms with Crippen molar-refractivity contribution in [2.45, 2.75) is 64.0 Å². The third-order valence-electron chi connectivity index (χ3n) is 6.93. The second kappa shape index (κ2) is 9.29. The lowest BCUT2D eigenvalue weighted by Crippen LogP contribution is -2.49. The van der Waals surface area contributed by atoms with Crippen LogP contribution in [-0.4, -0.2) is 25.0 Å². The number of nitrogens with two attached hydrogens (primary N) is 1. The van der Waals surface area contributed by atoms with Gasteiger partial charge in [-0.2, -0.15) is 0 Å². The third kappa shape index (κ3) is 4.60. The minimum atomic E-state index is 0. The number of anilines is 1. The number of halogens is 1. The van der Waals surface area contributed by atoms with Crippen molar-refractivity contribution in [3.63, 3.8) is 0 Å². The first-order chi connectivity index (χ1) is 12.7. The van der Waals surface area contributed by atoms with E-state index in [1.54, 1.807) is 0 Å². The van der Waals surface area contributed by atoms with Crippen LogP contribution < -0.4 is 16.0 Å². The number of piperidine rings is 1. The molecule has 5 heteroatoms. The fraction of sp³-hybridized carbons (Fsp3) is 0.682. The van der Waals surface area contributed by atoms with Crippen molar-refractivity contribution >= 4 is 24.0 Å². The molecule has 27 heavy (non-hydrogen) atoms. The van der Waals surface area contributed by atoms with Crippen LogP contribution in [0.2, 0.25) is 0 Å². The molecule has 1 saturated heterocycles. The van der Waals surface area contributed by atoms with Crippen LogP contribution in [0.25, 0.3) is 0 Å². The van der Waals surface area contributed by atoms with Gasteiger partial charge >= 0.3 is 0 Å². The number of amides is 1. The van der Waals surface area contributed by atoms with E-state index in [1.807, 2.05) is 0 Å². The molecule has 4 nitrogen and oxygen atoms in total. The lowest BCUT2D eigenvalue weighted by molar-refractivity contribution is -0.128. The van der Waals surface area contributed by atoms with Crippen molar-refractivity contribution in [1.82, 2.24) is 5.32 Å². The maximum absolute atomic E-state index is 12.8. The molecule has 0 spiro atoms. The maximum atomic E-state index is 12.8. The Kier molecular flexibility index (Phi) is 7.04. The van der Waals surface area contributed by atoms with Crippen LogP contribution in [0.4, 0.5) is 5.69 Å². The summed E-state index contributed by atoms with van der Waals surface area (Å²) in [5.41, 5.74) is 8.92. The van der Waals surface area contributed by atoms with E-state index in [0.717, 1.165) is 25.9 Å². The van der Waals surface area contributed by atoms with Gasteiger partial charge in [-0.3, -0.25) is 4.79 Å². The van der Waals surface area contributed by atoms with Gasteiger partial charge in [0, 0.05) is 37.3 Å². The number of hydrogen-bond donors (Lipinski definition) is 2. The van der Waals surface area contributed by atoms with E-state index in [1.165, 1.54) is 49.8 Å². The van der Waals surface area contributed by atoms with Gasteiger partial charge in [-0.05, 0) is 68.4 Å². The Morgan fingerprint density at radius 1 is 1.04 bits per heavy atom. The monoisotopic (exact) mass is 391 g/mol. The van der Waals surface area contributed by atoms with Crippen LogP contribution in [0, 0.1) is 17.8 Å². The summed E-state index contributed by atoms with van der Waals surface area (Å²) in [5, 5.41) is 3.25. The lowest BCUT2D eigenvalue weighted by Gasteiger charge is -2.43. The normalized spacial score (nSPS) is 30.3. The fourth-order valence-corrected chi connectivity index (χ4v) is 5.43. The predicted molar refractivity (Wildman–Crippen MR) is 113 cm³/mol. The zero-order valence-electron chi connectivity index (χ0n) is 16.2. The SMILES string of the molecule is Cl.NC1C2CCCC1CC(C(=O)NCc1ccccc1N1CCCCC1)C2. The quantitative estimate of drug-likeness (QED) is 0.819. The first-order valence-electron chi connectivity index (χ1n) is 10.6. The molecule has 1 aromatic rings. The van der Waals surface area contributed by atoms with Gasteiger partial charge < -0.3 is 16.0 Å². The Morgan fingerprint density at radius 3 is 2.41 bits per heavy atom. The Balaban J connectivity index is 0.00000210. The fourth-order valence-electron chi connectivity index (χ4n) is 5.43. The Hall–Kier alpha value is -1.26. The van der Waals surface area contributed by atoms with E-state index in [-0.39, 0.29) is 24.2 Å². The highest BCUT2D eigenvalue weighted by molar-refractivity contribution is 5.85. The zero-order valence-corrected chi connectivity index (χ0v) is 17.1. The second-order valence-corrected chi connectivity index (χ2v) is 8.59. The van der Waals surface area contributed by atoms with Crippen molar-refractivity contribution in [1.29, 1.82) is 0 Å². The molecule has 1 aliphatic heterocycles. The molecule has 0 aromatic heterocycles. The number of nitrogens with one attached hydrogen (secondary N) is 1. The van der Waals surface area contributed by atoms with Crippen LogP contribution in [0.5, 0.6) is 0 Å². The number of fused-ring (bicyclic) bond motifs is 2. The van der Waals surface area contributed by atoms with Crippen LogP contribution in [-0.2, 0) is 11.3 Å². The molecule has 2 unspecified atom stereocenters. The molecule has 2 bridgehead atoms. The van der Waals surface area contributed by atoms with Gasteiger partial charge in [0.25, 0.3) is 0 Å². The Labute approximate surface area is 169 Å². The van der Waals surface area contributed by atoms with Crippen LogP contribution in [0.3, 0.4) is 0 Å². The number of para-hydroxylation sites is 1. The zero-order chi connectivity index (χ0) is 17.9. The van der Waals surface area contributed by atoms with E-state index in [9.17, 15) is 4.79 Å². The van der Waals surface area contributed by atoms with Crippen molar-refractivity contribution in [2.24, 2.45) is 23.5 Å². The van der Waals surface area contributed by atoms with Crippen molar-refractivity contribution in [3.05, 3.63) is 29.8 Å². The lowest BCUT2D eigenvalue weighted by atomic mass is 9.65. The van der Waals surface area contributed by atoms with Gasteiger partial charge in [0.15, 0.2) is 0 Å². The molecule has 1 heterocycles. The van der Waals surface area contributed by atoms with E-state index in [2.05, 4.69) is 34.5 Å². The molecule has 3 N–H and O–H groups in total. The number of rotatable bonds is 4. The summed E-state index contributed by atoms with van der Waals surface area (Å²) in [7, 11) is 0. The first-order valence-corrected chi connectivity index (χ1v) is 10.6. The van der Waals surface area contributed by atoms with Gasteiger partial charge in [-0.25, -0.2) is 0 Å². The van der Waals surface area contributed by atoms with Crippen molar-refractivity contribution in [2.75, 3.05) is 18.0 Å². The van der Waals surface area contributed by atoms with E-state index >= 15 is 0 Å². The molecule has 150 valence electrons. The summed E-state index contributed by atoms with van der Waals surface area (Å²) in [4.78, 5) is 15.3. The average molecular weight is 392 g/mol. The molecule has 3 fully saturated rings. The average Bonchev–Trinajstić information content (AvgIpc) is 2.67. The Morgan fingerprint density at radius 2 is 1.70 bits per heavy atom. The third-order valence-corrected chi connectivity index (χ3v) is 6.93. The summed E-state index contributed by atoms with van der Waals surface area (Å²) < 4.78 is 0. The molecule has 1 amide bonds. The molecular formula is C22H34ClN3O. The molecule has 1 aromatic carbocycles. The first kappa shape index (κ1) is 20.5. The molecule has 4 rings (SSSR count). The van der Waals surface area contributed by atoms with E-state index in [4.69, 9.17) is 5.73 Å². The highest BCUT2D eigenvalue weighted by atomic mass is 35.5. The second-order valence-electron chi connectivity index (χ2n) is 8.59. The topological polar surface area (TPSA) is 58.4 Å². The van der Waals surface area contributed by atoms with E-state index in [0.29, 0.717) is 24.4 Å². The number of carbonyl (C=O) groups is 1. The summed E-state index contributed by atoms with van der Waals surface area (Å²) in [6.45, 7) is 2.91. The van der Waals surface area contributed by atoms with Gasteiger partial charge in [0.1, 0.15) is 0 Å². The maximum Gasteiger partial charge on any atom is 0.223 e. The number of nitrogens with zero attached hydrogens (tertiary/aromatic N) is 1. The van der Waals surface area contributed by atoms with Crippen LogP contribution in [0.1, 0.15) is 56.9 Å². The number of benzene rings is 1. The molecule has 0 radical (unpaired) electrons. The molecule has 2 aliphatic carbocycles. The molecule has 2 atom stereocenters. The van der Waals surface area contributed by atoms with E-state index < -0.39 is 0 Å². The minimum Gasteiger partial charge on any atom is -0.371 e. The number of hydrogen-bond acceptors (Lipinski definition) is 3. The highest BCUT2D eigenvalue weighted by Crippen LogP contribution is 2.41. The summed E-state index contributed by atoms with van der Waals surface area (Å²) in [6, 6.07) is 8.89. The van der Waals surface area contributed by atoms with Gasteiger partial charge in [0.05, 0.1) is 0 Å².